The molecule has 49 heavy (non-hydrogen) atoms. The molecule has 4 aromatic rings. The zero-order chi connectivity index (χ0) is 36.5. The van der Waals surface area contributed by atoms with E-state index in [2.05, 4.69) is 48.6 Å². The SMILES string of the molecule is COC(=O)c1csc(-c2ccc(-c3nc(C(=O)OC(C)(C)C)cs3)c(-c3csc([C@H](CO[Si](C)(C)C(C)(C)C)N[S@](=O)C(C)(C)C)n3)n2)n1. The van der Waals surface area contributed by atoms with Gasteiger partial charge < -0.3 is 13.9 Å². The van der Waals surface area contributed by atoms with Gasteiger partial charge in [0.1, 0.15) is 32.0 Å². The second-order valence-corrected chi connectivity index (χ2v) is 24.3. The van der Waals surface area contributed by atoms with Gasteiger partial charge >= 0.3 is 11.9 Å². The van der Waals surface area contributed by atoms with E-state index in [1.54, 1.807) is 37.6 Å². The van der Waals surface area contributed by atoms with E-state index in [0.717, 1.165) is 0 Å². The molecule has 0 saturated carbocycles. The average Bonchev–Trinajstić information content (AvgIpc) is 3.78. The van der Waals surface area contributed by atoms with Gasteiger partial charge in [-0.15, -0.1) is 34.0 Å². The van der Waals surface area contributed by atoms with Gasteiger partial charge in [-0.3, -0.25) is 0 Å². The predicted molar refractivity (Wildman–Crippen MR) is 201 cm³/mol. The molecule has 0 aliphatic carbocycles. The number of ether oxygens (including phenoxy) is 2. The molecule has 0 saturated heterocycles. The summed E-state index contributed by atoms with van der Waals surface area (Å²) in [7, 11) is -2.22. The molecule has 0 aliphatic rings. The van der Waals surface area contributed by atoms with Crippen LogP contribution in [0, 0.1) is 0 Å². The van der Waals surface area contributed by atoms with Crippen LogP contribution < -0.4 is 4.72 Å². The number of methoxy groups -OCH3 is 1. The van der Waals surface area contributed by atoms with Crippen molar-refractivity contribution in [1.82, 2.24) is 24.7 Å². The Balaban J connectivity index is 1.80. The number of thiazole rings is 3. The van der Waals surface area contributed by atoms with E-state index in [-0.39, 0.29) is 16.4 Å². The van der Waals surface area contributed by atoms with E-state index in [0.29, 0.717) is 44.3 Å². The Kier molecular flexibility index (Phi) is 11.8. The van der Waals surface area contributed by atoms with Crippen molar-refractivity contribution in [2.24, 2.45) is 0 Å². The van der Waals surface area contributed by atoms with Crippen LogP contribution in [-0.4, -0.2) is 68.5 Å². The van der Waals surface area contributed by atoms with Crippen molar-refractivity contribution in [2.75, 3.05) is 13.7 Å². The van der Waals surface area contributed by atoms with Gasteiger partial charge in [-0.25, -0.2) is 38.5 Å². The molecule has 0 unspecified atom stereocenters. The third kappa shape index (κ3) is 9.74. The summed E-state index contributed by atoms with van der Waals surface area (Å²) in [5.74, 6) is -1.05. The second-order valence-electron chi connectivity index (χ2n) is 14.9. The minimum Gasteiger partial charge on any atom is -0.464 e. The summed E-state index contributed by atoms with van der Waals surface area (Å²) in [6.45, 7) is 22.4. The van der Waals surface area contributed by atoms with Gasteiger partial charge in [0.25, 0.3) is 0 Å². The van der Waals surface area contributed by atoms with E-state index >= 15 is 0 Å². The molecule has 4 heterocycles. The summed E-state index contributed by atoms with van der Waals surface area (Å²) in [4.78, 5) is 44.0. The van der Waals surface area contributed by atoms with Crippen molar-refractivity contribution < 1.29 is 27.7 Å². The van der Waals surface area contributed by atoms with Crippen LogP contribution in [-0.2, 0) is 24.9 Å². The van der Waals surface area contributed by atoms with Crippen molar-refractivity contribution in [3.05, 3.63) is 44.7 Å². The van der Waals surface area contributed by atoms with Crippen LogP contribution in [0.1, 0.15) is 94.3 Å². The third-order valence-electron chi connectivity index (χ3n) is 7.64. The highest BCUT2D eigenvalue weighted by atomic mass is 32.2. The molecular formula is C33H45N5O6S4Si. The fourth-order valence-corrected chi connectivity index (χ4v) is 8.18. The molecule has 16 heteroatoms. The summed E-state index contributed by atoms with van der Waals surface area (Å²) in [6.07, 6.45) is 0. The van der Waals surface area contributed by atoms with Gasteiger partial charge in [0.2, 0.25) is 0 Å². The lowest BCUT2D eigenvalue weighted by atomic mass is 10.1. The first-order valence-corrected chi connectivity index (χ1v) is 22.3. The van der Waals surface area contributed by atoms with E-state index < -0.39 is 47.6 Å². The Bertz CT molecular complexity index is 1830. The quantitative estimate of drug-likeness (QED) is 0.117. The number of carbonyl (C=O) groups excluding carboxylic acids is 2. The molecule has 11 nitrogen and oxygen atoms in total. The minimum absolute atomic E-state index is 0.0105. The highest BCUT2D eigenvalue weighted by Crippen LogP contribution is 2.39. The molecule has 0 aliphatic heterocycles. The van der Waals surface area contributed by atoms with Gasteiger partial charge in [-0.05, 0) is 71.8 Å². The van der Waals surface area contributed by atoms with E-state index in [1.165, 1.54) is 41.1 Å². The first-order chi connectivity index (χ1) is 22.6. The Morgan fingerprint density at radius 3 is 2.04 bits per heavy atom. The number of aromatic nitrogens is 4. The van der Waals surface area contributed by atoms with Crippen LogP contribution in [0.25, 0.3) is 32.7 Å². The number of pyridine rings is 1. The summed E-state index contributed by atoms with van der Waals surface area (Å²) < 4.78 is 33.1. The fraction of sp³-hybridized carbons (Fsp3) is 0.515. The summed E-state index contributed by atoms with van der Waals surface area (Å²) in [6, 6.07) is 3.21. The zero-order valence-electron chi connectivity index (χ0n) is 30.0. The van der Waals surface area contributed by atoms with Crippen molar-refractivity contribution in [1.29, 1.82) is 0 Å². The van der Waals surface area contributed by atoms with E-state index in [9.17, 15) is 13.8 Å². The van der Waals surface area contributed by atoms with Crippen LogP contribution in [0.3, 0.4) is 0 Å². The molecule has 4 aromatic heterocycles. The number of hydrogen-bond donors (Lipinski definition) is 1. The van der Waals surface area contributed by atoms with Gasteiger partial charge in [-0.1, -0.05) is 20.8 Å². The normalized spacial score (nSPS) is 14.0. The molecule has 266 valence electrons. The van der Waals surface area contributed by atoms with Crippen LogP contribution in [0.5, 0.6) is 0 Å². The Hall–Kier alpha value is -2.73. The lowest BCUT2D eigenvalue weighted by molar-refractivity contribution is 0.00635. The molecule has 0 bridgehead atoms. The summed E-state index contributed by atoms with van der Waals surface area (Å²) in [5, 5.41) is 6.96. The maximum Gasteiger partial charge on any atom is 0.358 e. The van der Waals surface area contributed by atoms with Crippen molar-refractivity contribution in [3.8, 4) is 32.7 Å². The number of carbonyl (C=O) groups is 2. The highest BCUT2D eigenvalue weighted by Gasteiger charge is 2.38. The molecule has 0 radical (unpaired) electrons. The molecule has 0 amide bonds. The lowest BCUT2D eigenvalue weighted by Gasteiger charge is -2.37. The largest absolute Gasteiger partial charge is 0.464 e. The number of rotatable bonds is 11. The Morgan fingerprint density at radius 1 is 0.837 bits per heavy atom. The van der Waals surface area contributed by atoms with Crippen LogP contribution >= 0.6 is 34.0 Å². The predicted octanol–water partition coefficient (Wildman–Crippen LogP) is 8.31. The molecular weight excluding hydrogens is 719 g/mol. The fourth-order valence-electron chi connectivity index (χ4n) is 3.88. The molecule has 4 rings (SSSR count). The van der Waals surface area contributed by atoms with Gasteiger partial charge in [0.15, 0.2) is 19.7 Å². The highest BCUT2D eigenvalue weighted by molar-refractivity contribution is 7.84. The van der Waals surface area contributed by atoms with Crippen molar-refractivity contribution in [2.45, 2.75) is 96.8 Å². The van der Waals surface area contributed by atoms with Gasteiger partial charge in [0, 0.05) is 21.7 Å². The zero-order valence-corrected chi connectivity index (χ0v) is 34.3. The van der Waals surface area contributed by atoms with E-state index in [4.69, 9.17) is 23.9 Å². The summed E-state index contributed by atoms with van der Waals surface area (Å²) >= 11 is 3.99. The van der Waals surface area contributed by atoms with Gasteiger partial charge in [0.05, 0.1) is 41.2 Å². The molecule has 0 aromatic carbocycles. The van der Waals surface area contributed by atoms with Gasteiger partial charge in [-0.2, -0.15) is 0 Å². The van der Waals surface area contributed by atoms with Crippen molar-refractivity contribution in [3.63, 3.8) is 0 Å². The average molecular weight is 764 g/mol. The Labute approximate surface area is 304 Å². The lowest BCUT2D eigenvalue weighted by Crippen LogP contribution is -2.44. The number of nitrogens with zero attached hydrogens (tertiary/aromatic N) is 4. The smallest absolute Gasteiger partial charge is 0.358 e. The number of esters is 2. The molecule has 0 fully saturated rings. The first kappa shape index (κ1) is 39.1. The monoisotopic (exact) mass is 763 g/mol. The van der Waals surface area contributed by atoms with E-state index in [1.807, 2.05) is 32.2 Å². The Morgan fingerprint density at radius 2 is 1.45 bits per heavy atom. The number of nitrogens with one attached hydrogen (secondary N) is 1. The maximum absolute atomic E-state index is 13.3. The summed E-state index contributed by atoms with van der Waals surface area (Å²) in [5.41, 5.74) is 1.99. The first-order valence-electron chi connectivity index (χ1n) is 15.6. The maximum atomic E-state index is 13.3. The standard InChI is InChI=1S/C33H45N5O6S4Si/c1-31(2,3)44-30(40)24-18-45-26(36-24)19-13-14-20(27-37-23(17-47-27)29(39)42-10)34-25(19)22-16-46-28(35-22)21(38-48(41)32(4,5)6)15-43-49(11,12)33(7,8)9/h13-14,16-18,21,38H,15H2,1-12H3/t21-,48+/m0/s1. The third-order valence-corrected chi connectivity index (χ3v) is 16.5. The molecule has 2 atom stereocenters. The second kappa shape index (κ2) is 14.9. The van der Waals surface area contributed by atoms with Crippen LogP contribution in [0.15, 0.2) is 28.3 Å². The van der Waals surface area contributed by atoms with Crippen LogP contribution in [0.4, 0.5) is 0 Å². The molecule has 0 spiro atoms. The van der Waals surface area contributed by atoms with Crippen LogP contribution in [0.2, 0.25) is 18.1 Å². The molecule has 1 N–H and O–H groups in total. The topological polar surface area (TPSA) is 142 Å². The number of hydrogen-bond acceptors (Lipinski definition) is 13. The van der Waals surface area contributed by atoms with Crippen molar-refractivity contribution >= 4 is 65.3 Å². The minimum atomic E-state index is -2.14.